The molecule has 8 heteroatoms. The Morgan fingerprint density at radius 3 is 2.64 bits per heavy atom. The van der Waals surface area contributed by atoms with Gasteiger partial charge >= 0.3 is 0 Å². The smallest absolute Gasteiger partial charge is 0.280 e. The fraction of sp³-hybridized carbons (Fsp3) is 0.300. The fourth-order valence-corrected chi connectivity index (χ4v) is 3.47. The van der Waals surface area contributed by atoms with Crippen molar-refractivity contribution in [2.45, 2.75) is 26.3 Å². The monoisotopic (exact) mass is 397 g/mol. The molecule has 0 spiro atoms. The number of rotatable bonds is 6. The average molecular weight is 398 g/mol. The van der Waals surface area contributed by atoms with E-state index in [2.05, 4.69) is 10.2 Å². The van der Waals surface area contributed by atoms with Crippen molar-refractivity contribution in [3.05, 3.63) is 57.6 Å². The van der Waals surface area contributed by atoms with Gasteiger partial charge in [-0.05, 0) is 36.6 Å². The van der Waals surface area contributed by atoms with E-state index < -0.39 is 0 Å². The maximum atomic E-state index is 12.8. The summed E-state index contributed by atoms with van der Waals surface area (Å²) < 4.78 is 8.41. The number of aromatic nitrogens is 5. The van der Waals surface area contributed by atoms with E-state index in [-0.39, 0.29) is 5.56 Å². The Balaban J connectivity index is 1.90. The maximum Gasteiger partial charge on any atom is 0.280 e. The van der Waals surface area contributed by atoms with Crippen LogP contribution >= 0.6 is 11.6 Å². The lowest BCUT2D eigenvalue weighted by Gasteiger charge is -2.07. The average Bonchev–Trinajstić information content (AvgIpc) is 3.09. The third kappa shape index (κ3) is 3.16. The second-order valence-electron chi connectivity index (χ2n) is 6.51. The van der Waals surface area contributed by atoms with E-state index in [1.807, 2.05) is 37.3 Å². The van der Waals surface area contributed by atoms with E-state index in [0.717, 1.165) is 29.7 Å². The molecule has 4 aromatic rings. The molecule has 7 nitrogen and oxygen atoms in total. The largest absolute Gasteiger partial charge is 0.385 e. The first-order valence-electron chi connectivity index (χ1n) is 9.16. The number of hydrogen-bond acceptors (Lipinski definition) is 5. The number of aryl methyl sites for hydroxylation is 2. The highest BCUT2D eigenvalue weighted by molar-refractivity contribution is 6.30. The van der Waals surface area contributed by atoms with Gasteiger partial charge in [0.1, 0.15) is 5.52 Å². The molecule has 0 N–H and O–H groups in total. The van der Waals surface area contributed by atoms with Crippen molar-refractivity contribution in [1.82, 2.24) is 24.4 Å². The van der Waals surface area contributed by atoms with Gasteiger partial charge in [0, 0.05) is 31.5 Å². The molecule has 0 aliphatic heterocycles. The normalized spacial score (nSPS) is 11.5. The first kappa shape index (κ1) is 18.6. The van der Waals surface area contributed by atoms with Crippen molar-refractivity contribution in [2.24, 2.45) is 0 Å². The van der Waals surface area contributed by atoms with E-state index in [1.165, 1.54) is 0 Å². The Labute approximate surface area is 166 Å². The molecule has 0 amide bonds. The number of halogens is 1. The van der Waals surface area contributed by atoms with Crippen LogP contribution in [0, 0.1) is 0 Å². The third-order valence-corrected chi connectivity index (χ3v) is 4.99. The van der Waals surface area contributed by atoms with Crippen molar-refractivity contribution in [2.75, 3.05) is 13.7 Å². The molecule has 3 heterocycles. The zero-order valence-corrected chi connectivity index (χ0v) is 16.5. The lowest BCUT2D eigenvalue weighted by Crippen LogP contribution is -2.22. The summed E-state index contributed by atoms with van der Waals surface area (Å²) >= 11 is 6.03. The zero-order chi connectivity index (χ0) is 19.7. The summed E-state index contributed by atoms with van der Waals surface area (Å²) in [6.45, 7) is 3.20. The molecule has 0 unspecified atom stereocenters. The summed E-state index contributed by atoms with van der Waals surface area (Å²) in [5.41, 5.74) is 4.19. The van der Waals surface area contributed by atoms with Crippen LogP contribution in [0.25, 0.3) is 27.8 Å². The van der Waals surface area contributed by atoms with E-state index in [1.54, 1.807) is 22.4 Å². The molecule has 1 aromatic carbocycles. The number of ether oxygens (including phenoxy) is 1. The van der Waals surface area contributed by atoms with Gasteiger partial charge in [0.25, 0.3) is 5.56 Å². The molecule has 144 valence electrons. The van der Waals surface area contributed by atoms with Gasteiger partial charge in [-0.25, -0.2) is 4.52 Å². The molecule has 0 saturated heterocycles. The van der Waals surface area contributed by atoms with E-state index in [4.69, 9.17) is 21.4 Å². The number of fused-ring (bicyclic) bond motifs is 3. The van der Waals surface area contributed by atoms with Gasteiger partial charge in [0.05, 0.1) is 11.3 Å². The number of benzene rings is 1. The van der Waals surface area contributed by atoms with Crippen LogP contribution in [-0.4, -0.2) is 38.1 Å². The van der Waals surface area contributed by atoms with Crippen LogP contribution in [0.2, 0.25) is 5.02 Å². The number of methoxy groups -OCH3 is 1. The minimum absolute atomic E-state index is 0.176. The quantitative estimate of drug-likeness (QED) is 0.466. The molecule has 0 radical (unpaired) electrons. The number of hydrogen-bond donors (Lipinski definition) is 0. The van der Waals surface area contributed by atoms with Crippen LogP contribution in [0.5, 0.6) is 0 Å². The summed E-state index contributed by atoms with van der Waals surface area (Å²) in [7, 11) is 1.65. The molecular formula is C20H20ClN5O2. The standard InChI is InChI=1S/C20H20ClN5O2/c1-3-15-17(13-5-7-14(21)8-6-13)19-23-22-18-16(26(19)24-15)9-11-25(20(18)27)10-4-12-28-2/h5-9,11H,3-4,10,12H2,1-2H3. The van der Waals surface area contributed by atoms with Crippen LogP contribution in [0.3, 0.4) is 0 Å². The van der Waals surface area contributed by atoms with Crippen molar-refractivity contribution in [3.8, 4) is 11.1 Å². The predicted molar refractivity (Wildman–Crippen MR) is 109 cm³/mol. The van der Waals surface area contributed by atoms with Gasteiger partial charge in [-0.15, -0.1) is 10.2 Å². The van der Waals surface area contributed by atoms with E-state index in [9.17, 15) is 4.79 Å². The van der Waals surface area contributed by atoms with Crippen LogP contribution in [0.1, 0.15) is 19.0 Å². The fourth-order valence-electron chi connectivity index (χ4n) is 3.34. The Morgan fingerprint density at radius 1 is 1.14 bits per heavy atom. The molecule has 0 aliphatic carbocycles. The molecule has 28 heavy (non-hydrogen) atoms. The Hall–Kier alpha value is -2.77. The first-order valence-corrected chi connectivity index (χ1v) is 9.54. The van der Waals surface area contributed by atoms with Crippen molar-refractivity contribution in [1.29, 1.82) is 0 Å². The highest BCUT2D eigenvalue weighted by Crippen LogP contribution is 2.29. The van der Waals surface area contributed by atoms with Gasteiger partial charge in [-0.1, -0.05) is 30.7 Å². The summed E-state index contributed by atoms with van der Waals surface area (Å²) in [6, 6.07) is 9.43. The molecule has 0 fully saturated rings. The van der Waals surface area contributed by atoms with Gasteiger partial charge in [0.2, 0.25) is 0 Å². The third-order valence-electron chi connectivity index (χ3n) is 4.74. The van der Waals surface area contributed by atoms with Gasteiger partial charge in [0.15, 0.2) is 11.2 Å². The molecule has 0 atom stereocenters. The number of pyridine rings is 1. The SMILES string of the molecule is CCc1nn2c(nnc3c(=O)n(CCCOC)ccc32)c1-c1ccc(Cl)cc1. The molecule has 0 saturated carbocycles. The van der Waals surface area contributed by atoms with Crippen LogP contribution in [0.4, 0.5) is 0 Å². The molecular weight excluding hydrogens is 378 g/mol. The Morgan fingerprint density at radius 2 is 1.93 bits per heavy atom. The van der Waals surface area contributed by atoms with Gasteiger partial charge < -0.3 is 9.30 Å². The minimum Gasteiger partial charge on any atom is -0.385 e. The topological polar surface area (TPSA) is 74.3 Å². The highest BCUT2D eigenvalue weighted by Gasteiger charge is 2.18. The Kier molecular flexibility index (Phi) is 5.11. The molecule has 0 bridgehead atoms. The maximum absolute atomic E-state index is 12.8. The van der Waals surface area contributed by atoms with Crippen LogP contribution in [0.15, 0.2) is 41.3 Å². The van der Waals surface area contributed by atoms with E-state index >= 15 is 0 Å². The molecule has 3 aromatic heterocycles. The van der Waals surface area contributed by atoms with Crippen molar-refractivity contribution < 1.29 is 4.74 Å². The minimum atomic E-state index is -0.176. The predicted octanol–water partition coefficient (Wildman–Crippen LogP) is 3.36. The highest BCUT2D eigenvalue weighted by atomic mass is 35.5. The Bertz CT molecular complexity index is 1200. The van der Waals surface area contributed by atoms with Crippen molar-refractivity contribution in [3.63, 3.8) is 0 Å². The summed E-state index contributed by atoms with van der Waals surface area (Å²) in [5, 5.41) is 14.0. The zero-order valence-electron chi connectivity index (χ0n) is 15.7. The lowest BCUT2D eigenvalue weighted by molar-refractivity contribution is 0.190. The summed E-state index contributed by atoms with van der Waals surface area (Å²) in [4.78, 5) is 12.8. The first-order chi connectivity index (χ1) is 13.6. The summed E-state index contributed by atoms with van der Waals surface area (Å²) in [6.07, 6.45) is 3.26. The second-order valence-corrected chi connectivity index (χ2v) is 6.95. The van der Waals surface area contributed by atoms with E-state index in [0.29, 0.717) is 34.9 Å². The summed E-state index contributed by atoms with van der Waals surface area (Å²) in [5.74, 6) is 0. The van der Waals surface area contributed by atoms with Crippen LogP contribution < -0.4 is 5.56 Å². The number of nitrogens with zero attached hydrogens (tertiary/aromatic N) is 5. The second kappa shape index (κ2) is 7.69. The molecule has 4 rings (SSSR count). The lowest BCUT2D eigenvalue weighted by atomic mass is 10.0. The van der Waals surface area contributed by atoms with Gasteiger partial charge in [-0.2, -0.15) is 5.10 Å². The van der Waals surface area contributed by atoms with Crippen LogP contribution in [-0.2, 0) is 17.7 Å². The molecule has 0 aliphatic rings. The van der Waals surface area contributed by atoms with Gasteiger partial charge in [-0.3, -0.25) is 4.79 Å². The van der Waals surface area contributed by atoms with Crippen molar-refractivity contribution >= 4 is 28.3 Å².